The van der Waals surface area contributed by atoms with Gasteiger partial charge in [-0.2, -0.15) is 0 Å². The van der Waals surface area contributed by atoms with Crippen LogP contribution in [0.3, 0.4) is 0 Å². The van der Waals surface area contributed by atoms with E-state index in [9.17, 15) is 0 Å². The molecular weight excluding hydrogens is 364 g/mol. The fourth-order valence-electron chi connectivity index (χ4n) is 6.72. The van der Waals surface area contributed by atoms with Gasteiger partial charge in [-0.1, -0.05) is 19.1 Å². The predicted molar refractivity (Wildman–Crippen MR) is 114 cm³/mol. The van der Waals surface area contributed by atoms with Crippen LogP contribution in [0.25, 0.3) is 0 Å². The molecule has 4 heteroatoms. The molecule has 29 heavy (non-hydrogen) atoms. The first kappa shape index (κ1) is 20.9. The minimum Gasteiger partial charge on any atom is -0.467 e. The molecular formula is C25H36O4. The van der Waals surface area contributed by atoms with Crippen molar-refractivity contribution in [3.05, 3.63) is 41.5 Å². The van der Waals surface area contributed by atoms with E-state index in [0.29, 0.717) is 24.2 Å². The SMILES string of the molecule is C=CCc1c(OCOC)ccc2c1CC[C@@H]1[C@@H]2CC[C@]2(C)[C@@H](OCOC)CC[C@@H]12. The summed E-state index contributed by atoms with van der Waals surface area (Å²) in [7, 11) is 3.38. The van der Waals surface area contributed by atoms with Crippen LogP contribution in [-0.4, -0.2) is 33.9 Å². The summed E-state index contributed by atoms with van der Waals surface area (Å²) in [5.41, 5.74) is 4.68. The molecule has 3 aliphatic carbocycles. The lowest BCUT2D eigenvalue weighted by Gasteiger charge is -2.51. The van der Waals surface area contributed by atoms with Crippen molar-refractivity contribution in [2.24, 2.45) is 17.3 Å². The van der Waals surface area contributed by atoms with Gasteiger partial charge >= 0.3 is 0 Å². The number of benzene rings is 1. The second-order valence-electron chi connectivity index (χ2n) is 9.25. The minimum absolute atomic E-state index is 0.290. The maximum absolute atomic E-state index is 6.12. The topological polar surface area (TPSA) is 36.9 Å². The highest BCUT2D eigenvalue weighted by molar-refractivity contribution is 5.49. The first-order chi connectivity index (χ1) is 14.1. The minimum atomic E-state index is 0.290. The summed E-state index contributed by atoms with van der Waals surface area (Å²) in [6, 6.07) is 4.49. The molecule has 0 bridgehead atoms. The van der Waals surface area contributed by atoms with Gasteiger partial charge in [0.05, 0.1) is 6.10 Å². The fraction of sp³-hybridized carbons (Fsp3) is 0.680. The second-order valence-corrected chi connectivity index (χ2v) is 9.25. The van der Waals surface area contributed by atoms with Crippen LogP contribution < -0.4 is 4.74 Å². The molecule has 3 aliphatic rings. The molecule has 0 aliphatic heterocycles. The first-order valence-corrected chi connectivity index (χ1v) is 11.1. The molecule has 0 amide bonds. The van der Waals surface area contributed by atoms with Crippen LogP contribution >= 0.6 is 0 Å². The number of hydrogen-bond acceptors (Lipinski definition) is 4. The zero-order valence-electron chi connectivity index (χ0n) is 18.2. The first-order valence-electron chi connectivity index (χ1n) is 11.1. The molecule has 4 rings (SSSR count). The molecule has 0 saturated heterocycles. The van der Waals surface area contributed by atoms with Crippen LogP contribution in [0.4, 0.5) is 0 Å². The predicted octanol–water partition coefficient (Wildman–Crippen LogP) is 5.24. The molecule has 1 aromatic rings. The molecule has 0 heterocycles. The van der Waals surface area contributed by atoms with E-state index in [2.05, 4.69) is 25.6 Å². The van der Waals surface area contributed by atoms with E-state index in [-0.39, 0.29) is 6.79 Å². The Hall–Kier alpha value is -1.36. The summed E-state index contributed by atoms with van der Waals surface area (Å²) in [4.78, 5) is 0. The molecule has 5 atom stereocenters. The quantitative estimate of drug-likeness (QED) is 0.441. The normalized spacial score (nSPS) is 32.9. The number of hydrogen-bond donors (Lipinski definition) is 0. The third-order valence-electron chi connectivity index (χ3n) is 7.97. The molecule has 4 nitrogen and oxygen atoms in total. The molecule has 0 radical (unpaired) electrons. The van der Waals surface area contributed by atoms with Crippen molar-refractivity contribution in [2.45, 2.75) is 63.9 Å². The van der Waals surface area contributed by atoms with E-state index in [1.54, 1.807) is 19.8 Å². The van der Waals surface area contributed by atoms with Crippen LogP contribution in [0.15, 0.2) is 24.8 Å². The van der Waals surface area contributed by atoms with Gasteiger partial charge in [-0.3, -0.25) is 0 Å². The van der Waals surface area contributed by atoms with Crippen molar-refractivity contribution in [3.8, 4) is 5.75 Å². The summed E-state index contributed by atoms with van der Waals surface area (Å²) < 4.78 is 22.3. The van der Waals surface area contributed by atoms with Crippen LogP contribution in [-0.2, 0) is 27.1 Å². The Bertz CT molecular complexity index is 730. The molecule has 2 saturated carbocycles. The number of rotatable bonds is 8. The lowest BCUT2D eigenvalue weighted by atomic mass is 9.55. The molecule has 0 aromatic heterocycles. The van der Waals surface area contributed by atoms with Gasteiger partial charge in [0.25, 0.3) is 0 Å². The third-order valence-corrected chi connectivity index (χ3v) is 7.97. The van der Waals surface area contributed by atoms with Crippen molar-refractivity contribution in [3.63, 3.8) is 0 Å². The maximum atomic E-state index is 6.12. The van der Waals surface area contributed by atoms with Crippen LogP contribution in [0, 0.1) is 17.3 Å². The number of allylic oxidation sites excluding steroid dienone is 1. The molecule has 0 N–H and O–H groups in total. The van der Waals surface area contributed by atoms with Crippen molar-refractivity contribution >= 4 is 0 Å². The summed E-state index contributed by atoms with van der Waals surface area (Å²) in [5.74, 6) is 3.14. The average Bonchev–Trinajstić information content (AvgIpc) is 3.07. The summed E-state index contributed by atoms with van der Waals surface area (Å²) >= 11 is 0. The van der Waals surface area contributed by atoms with Gasteiger partial charge in [-0.25, -0.2) is 0 Å². The lowest BCUT2D eigenvalue weighted by molar-refractivity contribution is -0.125. The number of ether oxygens (including phenoxy) is 4. The number of fused-ring (bicyclic) bond motifs is 5. The molecule has 2 fully saturated rings. The van der Waals surface area contributed by atoms with Gasteiger partial charge in [0.1, 0.15) is 12.5 Å². The summed E-state index contributed by atoms with van der Waals surface area (Å²) in [6.45, 7) is 7.16. The Morgan fingerprint density at radius 1 is 1.10 bits per heavy atom. The smallest absolute Gasteiger partial charge is 0.188 e. The van der Waals surface area contributed by atoms with Crippen molar-refractivity contribution in [2.75, 3.05) is 27.8 Å². The zero-order chi connectivity index (χ0) is 20.4. The lowest BCUT2D eigenvalue weighted by Crippen LogP contribution is -2.45. The van der Waals surface area contributed by atoms with Crippen molar-refractivity contribution < 1.29 is 18.9 Å². The Morgan fingerprint density at radius 3 is 2.69 bits per heavy atom. The van der Waals surface area contributed by atoms with E-state index < -0.39 is 0 Å². The monoisotopic (exact) mass is 400 g/mol. The van der Waals surface area contributed by atoms with Gasteiger partial charge in [0.15, 0.2) is 6.79 Å². The third kappa shape index (κ3) is 3.64. The van der Waals surface area contributed by atoms with Gasteiger partial charge in [0, 0.05) is 19.8 Å². The molecule has 160 valence electrons. The summed E-state index contributed by atoms with van der Waals surface area (Å²) in [6.07, 6.45) is 10.6. The second kappa shape index (κ2) is 8.79. The average molecular weight is 401 g/mol. The van der Waals surface area contributed by atoms with Crippen molar-refractivity contribution in [1.29, 1.82) is 0 Å². The van der Waals surface area contributed by atoms with Crippen molar-refractivity contribution in [1.82, 2.24) is 0 Å². The Morgan fingerprint density at radius 2 is 1.93 bits per heavy atom. The molecule has 0 spiro atoms. The van der Waals surface area contributed by atoms with Crippen LogP contribution in [0.5, 0.6) is 5.75 Å². The number of methoxy groups -OCH3 is 2. The Balaban J connectivity index is 1.61. The van der Waals surface area contributed by atoms with E-state index in [1.807, 2.05) is 6.08 Å². The fourth-order valence-corrected chi connectivity index (χ4v) is 6.72. The van der Waals surface area contributed by atoms with Gasteiger partial charge in [-0.15, -0.1) is 6.58 Å². The highest BCUT2D eigenvalue weighted by atomic mass is 16.7. The Labute approximate surface area is 175 Å². The molecule has 0 unspecified atom stereocenters. The van der Waals surface area contributed by atoms with E-state index in [0.717, 1.165) is 30.4 Å². The standard InChI is InChI=1S/C25H36O4/c1-5-6-21-18-7-8-20-19(17(18)9-11-23(21)28-15-26-3)13-14-25(2)22(20)10-12-24(25)29-16-27-4/h5,9,11,19-20,22,24H,1,6-8,10,12-16H2,2-4H3/t19-,20-,22+,24+,25+/m1/s1. The van der Waals surface area contributed by atoms with E-state index in [4.69, 9.17) is 18.9 Å². The maximum Gasteiger partial charge on any atom is 0.188 e. The van der Waals surface area contributed by atoms with Crippen LogP contribution in [0.1, 0.15) is 61.6 Å². The van der Waals surface area contributed by atoms with Gasteiger partial charge in [0.2, 0.25) is 0 Å². The molecule has 1 aromatic carbocycles. The van der Waals surface area contributed by atoms with Crippen LogP contribution in [0.2, 0.25) is 0 Å². The zero-order valence-corrected chi connectivity index (χ0v) is 18.2. The highest BCUT2D eigenvalue weighted by Crippen LogP contribution is 2.61. The van der Waals surface area contributed by atoms with E-state index in [1.165, 1.54) is 43.2 Å². The Kier molecular flexibility index (Phi) is 6.33. The summed E-state index contributed by atoms with van der Waals surface area (Å²) in [5, 5.41) is 0. The highest BCUT2D eigenvalue weighted by Gasteiger charge is 2.55. The van der Waals surface area contributed by atoms with Gasteiger partial charge < -0.3 is 18.9 Å². The largest absolute Gasteiger partial charge is 0.467 e. The van der Waals surface area contributed by atoms with Gasteiger partial charge in [-0.05, 0) is 85.3 Å². The van der Waals surface area contributed by atoms with E-state index >= 15 is 0 Å².